The maximum absolute atomic E-state index is 4.48. The number of nitrogens with one attached hydrogen (secondary N) is 1. The van der Waals surface area contributed by atoms with Crippen LogP contribution in [0.15, 0.2) is 24.3 Å². The molecule has 1 aromatic carbocycles. The number of hydrogen-bond acceptors (Lipinski definition) is 3. The minimum absolute atomic E-state index is 0.281. The van der Waals surface area contributed by atoms with Crippen molar-refractivity contribution in [1.82, 2.24) is 9.78 Å². The van der Waals surface area contributed by atoms with E-state index in [-0.39, 0.29) is 6.04 Å². The van der Waals surface area contributed by atoms with E-state index in [0.29, 0.717) is 0 Å². The Hall–Kier alpha value is -1.81. The summed E-state index contributed by atoms with van der Waals surface area (Å²) >= 11 is 1.88. The summed E-state index contributed by atoms with van der Waals surface area (Å²) < 4.78 is 3.29. The van der Waals surface area contributed by atoms with E-state index in [2.05, 4.69) is 62.4 Å². The lowest BCUT2D eigenvalue weighted by molar-refractivity contribution is 0.731. The summed E-state index contributed by atoms with van der Waals surface area (Å²) in [6.45, 7) is 8.60. The first-order valence-corrected chi connectivity index (χ1v) is 8.05. The highest BCUT2D eigenvalue weighted by Gasteiger charge is 2.17. The second-order valence-electron chi connectivity index (χ2n) is 5.62. The Balaban J connectivity index is 1.97. The molecule has 0 radical (unpaired) electrons. The van der Waals surface area contributed by atoms with Crippen molar-refractivity contribution in [2.24, 2.45) is 7.05 Å². The van der Waals surface area contributed by atoms with Crippen molar-refractivity contribution in [3.63, 3.8) is 0 Å². The molecule has 2 heterocycles. The van der Waals surface area contributed by atoms with Crippen LogP contribution in [0.5, 0.6) is 0 Å². The van der Waals surface area contributed by atoms with Crippen molar-refractivity contribution < 1.29 is 0 Å². The topological polar surface area (TPSA) is 29.9 Å². The lowest BCUT2D eigenvalue weighted by Gasteiger charge is -2.15. The number of benzene rings is 1. The summed E-state index contributed by atoms with van der Waals surface area (Å²) in [5.41, 5.74) is 4.77. The van der Waals surface area contributed by atoms with Gasteiger partial charge in [-0.15, -0.1) is 11.3 Å². The molecule has 0 bridgehead atoms. The molecule has 21 heavy (non-hydrogen) atoms. The van der Waals surface area contributed by atoms with Crippen LogP contribution in [0.3, 0.4) is 0 Å². The van der Waals surface area contributed by atoms with Gasteiger partial charge >= 0.3 is 0 Å². The Morgan fingerprint density at radius 1 is 1.19 bits per heavy atom. The molecule has 110 valence electrons. The molecule has 0 saturated heterocycles. The first kappa shape index (κ1) is 14.1. The number of anilines is 1. The molecule has 1 unspecified atom stereocenters. The predicted molar refractivity (Wildman–Crippen MR) is 91.3 cm³/mol. The van der Waals surface area contributed by atoms with Crippen LogP contribution >= 0.6 is 11.3 Å². The van der Waals surface area contributed by atoms with Crippen molar-refractivity contribution in [3.8, 4) is 0 Å². The summed E-state index contributed by atoms with van der Waals surface area (Å²) in [4.78, 5) is 1.40. The van der Waals surface area contributed by atoms with Crippen LogP contribution in [0.2, 0.25) is 0 Å². The molecule has 1 atom stereocenters. The monoisotopic (exact) mass is 299 g/mol. The van der Waals surface area contributed by atoms with E-state index in [9.17, 15) is 0 Å². The van der Waals surface area contributed by atoms with E-state index in [1.165, 1.54) is 26.2 Å². The molecule has 0 saturated carbocycles. The number of hydrogen-bond donors (Lipinski definition) is 1. The molecule has 3 rings (SSSR count). The molecule has 0 aliphatic carbocycles. The van der Waals surface area contributed by atoms with Crippen molar-refractivity contribution >= 4 is 27.1 Å². The highest BCUT2D eigenvalue weighted by molar-refractivity contribution is 7.19. The Labute approximate surface area is 129 Å². The van der Waals surface area contributed by atoms with E-state index in [0.717, 1.165) is 11.4 Å². The third kappa shape index (κ3) is 2.33. The Kier molecular flexibility index (Phi) is 3.49. The van der Waals surface area contributed by atoms with E-state index in [1.54, 1.807) is 0 Å². The van der Waals surface area contributed by atoms with Crippen molar-refractivity contribution in [1.29, 1.82) is 0 Å². The highest BCUT2D eigenvalue weighted by atomic mass is 32.1. The highest BCUT2D eigenvalue weighted by Crippen LogP contribution is 2.36. The Bertz CT molecular complexity index is 798. The van der Waals surface area contributed by atoms with Gasteiger partial charge in [0, 0.05) is 16.6 Å². The molecule has 2 aromatic heterocycles. The third-order valence-electron chi connectivity index (χ3n) is 4.14. The molecule has 0 fully saturated rings. The first-order valence-electron chi connectivity index (χ1n) is 7.23. The minimum atomic E-state index is 0.281. The van der Waals surface area contributed by atoms with Crippen molar-refractivity contribution in [2.75, 3.05) is 5.32 Å². The average Bonchev–Trinajstić information content (AvgIpc) is 2.92. The number of aromatic nitrogens is 2. The van der Waals surface area contributed by atoms with Crippen molar-refractivity contribution in [2.45, 2.75) is 33.7 Å². The maximum atomic E-state index is 4.48. The quantitative estimate of drug-likeness (QED) is 0.757. The van der Waals surface area contributed by atoms with Crippen LogP contribution in [-0.2, 0) is 7.05 Å². The van der Waals surface area contributed by atoms with Gasteiger partial charge in [-0.3, -0.25) is 4.68 Å². The predicted octanol–water partition coefficient (Wildman–Crippen LogP) is 4.73. The molecule has 4 heteroatoms. The number of aryl methyl sites for hydroxylation is 3. The van der Waals surface area contributed by atoms with Crippen LogP contribution < -0.4 is 5.32 Å². The van der Waals surface area contributed by atoms with Gasteiger partial charge in [-0.25, -0.2) is 0 Å². The first-order chi connectivity index (χ1) is 9.99. The summed E-state index contributed by atoms with van der Waals surface area (Å²) in [6.07, 6.45) is 0. The fraction of sp³-hybridized carbons (Fsp3) is 0.353. The Morgan fingerprint density at radius 2 is 1.90 bits per heavy atom. The number of thiophene rings is 1. The molecule has 0 amide bonds. The summed E-state index contributed by atoms with van der Waals surface area (Å²) in [5.74, 6) is 0. The van der Waals surface area contributed by atoms with Gasteiger partial charge in [0.05, 0.1) is 23.1 Å². The standard InChI is InChI=1S/C17H21N3S/c1-10-14-8-6-7-9-15(14)21-17(10)12(3)18-16-11(2)19-20(5)13(16)4/h6-9,12,18H,1-5H3. The second-order valence-corrected chi connectivity index (χ2v) is 6.71. The smallest absolute Gasteiger partial charge is 0.0828 e. The van der Waals surface area contributed by atoms with E-state index >= 15 is 0 Å². The Morgan fingerprint density at radius 3 is 2.52 bits per heavy atom. The van der Waals surface area contributed by atoms with E-state index in [4.69, 9.17) is 0 Å². The average molecular weight is 299 g/mol. The largest absolute Gasteiger partial charge is 0.375 e. The van der Waals surface area contributed by atoms with E-state index < -0.39 is 0 Å². The fourth-order valence-electron chi connectivity index (χ4n) is 2.87. The molecule has 0 aliphatic rings. The minimum Gasteiger partial charge on any atom is -0.375 e. The summed E-state index contributed by atoms with van der Waals surface area (Å²) in [5, 5.41) is 9.49. The molecule has 3 nitrogen and oxygen atoms in total. The number of fused-ring (bicyclic) bond motifs is 1. The molecular weight excluding hydrogens is 278 g/mol. The van der Waals surface area contributed by atoms with Gasteiger partial charge in [-0.05, 0) is 44.7 Å². The molecule has 3 aromatic rings. The summed E-state index contributed by atoms with van der Waals surface area (Å²) in [6, 6.07) is 8.90. The van der Waals surface area contributed by atoms with Crippen LogP contribution in [0.1, 0.15) is 34.8 Å². The zero-order valence-corrected chi connectivity index (χ0v) is 14.0. The normalized spacial score (nSPS) is 12.8. The van der Waals surface area contributed by atoms with Crippen LogP contribution in [0.4, 0.5) is 5.69 Å². The second kappa shape index (κ2) is 5.19. The lowest BCUT2D eigenvalue weighted by Crippen LogP contribution is -2.07. The number of nitrogens with zero attached hydrogens (tertiary/aromatic N) is 2. The molecular formula is C17H21N3S. The van der Waals surface area contributed by atoms with Crippen LogP contribution in [0, 0.1) is 20.8 Å². The van der Waals surface area contributed by atoms with Gasteiger partial charge in [0.25, 0.3) is 0 Å². The van der Waals surface area contributed by atoms with Crippen LogP contribution in [-0.4, -0.2) is 9.78 Å². The molecule has 1 N–H and O–H groups in total. The van der Waals surface area contributed by atoms with Crippen LogP contribution in [0.25, 0.3) is 10.1 Å². The zero-order valence-electron chi connectivity index (χ0n) is 13.2. The van der Waals surface area contributed by atoms with Gasteiger partial charge in [0.1, 0.15) is 0 Å². The van der Waals surface area contributed by atoms with Gasteiger partial charge in [0.15, 0.2) is 0 Å². The van der Waals surface area contributed by atoms with Gasteiger partial charge < -0.3 is 5.32 Å². The third-order valence-corrected chi connectivity index (χ3v) is 5.60. The SMILES string of the molecule is Cc1nn(C)c(C)c1NC(C)c1sc2ccccc2c1C. The zero-order chi connectivity index (χ0) is 15.1. The van der Waals surface area contributed by atoms with Gasteiger partial charge in [-0.2, -0.15) is 5.10 Å². The van der Waals surface area contributed by atoms with Gasteiger partial charge in [0.2, 0.25) is 0 Å². The molecule has 0 aliphatic heterocycles. The van der Waals surface area contributed by atoms with E-state index in [1.807, 2.05) is 23.1 Å². The maximum Gasteiger partial charge on any atom is 0.0828 e. The fourth-order valence-corrected chi connectivity index (χ4v) is 4.08. The van der Waals surface area contributed by atoms with Gasteiger partial charge in [-0.1, -0.05) is 18.2 Å². The number of rotatable bonds is 3. The van der Waals surface area contributed by atoms with Crippen molar-refractivity contribution in [3.05, 3.63) is 46.1 Å². The summed E-state index contributed by atoms with van der Waals surface area (Å²) in [7, 11) is 1.99. The lowest BCUT2D eigenvalue weighted by atomic mass is 10.1. The molecule has 0 spiro atoms.